The van der Waals surface area contributed by atoms with Crippen molar-refractivity contribution in [2.45, 2.75) is 39.8 Å². The van der Waals surface area contributed by atoms with Crippen LogP contribution in [0, 0.1) is 6.92 Å². The van der Waals surface area contributed by atoms with E-state index < -0.39 is 0 Å². The minimum Gasteiger partial charge on any atom is -0.377 e. The molecule has 0 fully saturated rings. The summed E-state index contributed by atoms with van der Waals surface area (Å²) in [4.78, 5) is 8.51. The summed E-state index contributed by atoms with van der Waals surface area (Å²) in [6, 6.07) is 2.08. The first-order valence-corrected chi connectivity index (χ1v) is 5.78. The average Bonchev–Trinajstić information content (AvgIpc) is 2.24. The maximum atomic E-state index is 5.63. The van der Waals surface area contributed by atoms with Crippen LogP contribution >= 0.6 is 0 Å². The van der Waals surface area contributed by atoms with Gasteiger partial charge in [0, 0.05) is 6.20 Å². The lowest BCUT2D eigenvalue weighted by Crippen LogP contribution is -2.27. The number of aromatic nitrogens is 2. The largest absolute Gasteiger partial charge is 0.377 e. The van der Waals surface area contributed by atoms with Crippen molar-refractivity contribution in [2.75, 3.05) is 13.2 Å². The number of hydrogen-bond acceptors (Lipinski definition) is 4. The molecule has 0 aromatic carbocycles. The maximum absolute atomic E-state index is 5.63. The van der Waals surface area contributed by atoms with Gasteiger partial charge in [-0.2, -0.15) is 0 Å². The standard InChI is InChI=1S/C12H21N3O/c1-5-13-12(8-16-9(2)3)11-6-7-14-10(4)15-11/h6-7,9,12-13H,5,8H2,1-4H3. The quantitative estimate of drug-likeness (QED) is 0.799. The number of hydrogen-bond donors (Lipinski definition) is 1. The molecule has 0 aliphatic carbocycles. The van der Waals surface area contributed by atoms with Crippen molar-refractivity contribution >= 4 is 0 Å². The van der Waals surface area contributed by atoms with E-state index in [2.05, 4.69) is 22.2 Å². The minimum absolute atomic E-state index is 0.147. The van der Waals surface area contributed by atoms with E-state index in [9.17, 15) is 0 Å². The Morgan fingerprint density at radius 1 is 1.44 bits per heavy atom. The van der Waals surface area contributed by atoms with Crippen LogP contribution in [0.2, 0.25) is 0 Å². The third-order valence-electron chi connectivity index (χ3n) is 2.20. The van der Waals surface area contributed by atoms with Crippen molar-refractivity contribution in [3.63, 3.8) is 0 Å². The number of rotatable bonds is 6. The molecule has 0 saturated heterocycles. The number of aryl methyl sites for hydroxylation is 1. The minimum atomic E-state index is 0.147. The molecule has 0 radical (unpaired) electrons. The molecule has 0 amide bonds. The highest BCUT2D eigenvalue weighted by Crippen LogP contribution is 2.11. The van der Waals surface area contributed by atoms with Gasteiger partial charge in [0.15, 0.2) is 0 Å². The molecule has 1 aromatic heterocycles. The summed E-state index contributed by atoms with van der Waals surface area (Å²) in [5.74, 6) is 0.796. The zero-order valence-corrected chi connectivity index (χ0v) is 10.5. The SMILES string of the molecule is CCNC(COC(C)C)c1ccnc(C)n1. The smallest absolute Gasteiger partial charge is 0.125 e. The Morgan fingerprint density at radius 2 is 2.19 bits per heavy atom. The summed E-state index contributed by atoms with van der Waals surface area (Å²) in [6.45, 7) is 9.59. The van der Waals surface area contributed by atoms with Gasteiger partial charge in [-0.05, 0) is 33.4 Å². The maximum Gasteiger partial charge on any atom is 0.125 e. The Hall–Kier alpha value is -1.00. The van der Waals surface area contributed by atoms with Crippen LogP contribution in [0.25, 0.3) is 0 Å². The Balaban J connectivity index is 2.68. The molecule has 1 unspecified atom stereocenters. The molecular formula is C12H21N3O. The predicted octanol–water partition coefficient (Wildman–Crippen LogP) is 1.86. The highest BCUT2D eigenvalue weighted by atomic mass is 16.5. The number of likely N-dealkylation sites (N-methyl/N-ethyl adjacent to an activating group) is 1. The highest BCUT2D eigenvalue weighted by Gasteiger charge is 2.12. The van der Waals surface area contributed by atoms with Crippen molar-refractivity contribution in [3.8, 4) is 0 Å². The molecule has 1 atom stereocenters. The Morgan fingerprint density at radius 3 is 2.75 bits per heavy atom. The molecule has 0 aliphatic rings. The number of nitrogens with zero attached hydrogens (tertiary/aromatic N) is 2. The first kappa shape index (κ1) is 13.1. The van der Waals surface area contributed by atoms with Gasteiger partial charge in [-0.15, -0.1) is 0 Å². The second-order valence-electron chi connectivity index (χ2n) is 4.02. The molecule has 1 aromatic rings. The lowest BCUT2D eigenvalue weighted by Gasteiger charge is -2.19. The van der Waals surface area contributed by atoms with E-state index in [-0.39, 0.29) is 12.1 Å². The van der Waals surface area contributed by atoms with Crippen molar-refractivity contribution in [2.24, 2.45) is 0 Å². The van der Waals surface area contributed by atoms with E-state index in [4.69, 9.17) is 4.74 Å². The third-order valence-corrected chi connectivity index (χ3v) is 2.20. The molecule has 0 aliphatic heterocycles. The van der Waals surface area contributed by atoms with Crippen LogP contribution < -0.4 is 5.32 Å². The van der Waals surface area contributed by atoms with Crippen molar-refractivity contribution in [1.29, 1.82) is 0 Å². The van der Waals surface area contributed by atoms with Crippen LogP contribution in [-0.2, 0) is 4.74 Å². The van der Waals surface area contributed by atoms with Gasteiger partial charge in [0.1, 0.15) is 5.82 Å². The first-order valence-electron chi connectivity index (χ1n) is 5.78. The molecule has 1 heterocycles. The van der Waals surface area contributed by atoms with Gasteiger partial charge in [-0.25, -0.2) is 9.97 Å². The Labute approximate surface area is 97.5 Å². The van der Waals surface area contributed by atoms with Crippen LogP contribution in [0.3, 0.4) is 0 Å². The molecule has 0 bridgehead atoms. The average molecular weight is 223 g/mol. The van der Waals surface area contributed by atoms with Gasteiger partial charge >= 0.3 is 0 Å². The van der Waals surface area contributed by atoms with E-state index in [0.717, 1.165) is 18.1 Å². The number of ether oxygens (including phenoxy) is 1. The Kier molecular flexibility index (Phi) is 5.35. The molecule has 16 heavy (non-hydrogen) atoms. The predicted molar refractivity (Wildman–Crippen MR) is 64.3 cm³/mol. The topological polar surface area (TPSA) is 47.0 Å². The van der Waals surface area contributed by atoms with Crippen molar-refractivity contribution in [1.82, 2.24) is 15.3 Å². The fourth-order valence-electron chi connectivity index (χ4n) is 1.45. The molecule has 0 spiro atoms. The highest BCUT2D eigenvalue weighted by molar-refractivity contribution is 5.07. The monoisotopic (exact) mass is 223 g/mol. The second kappa shape index (κ2) is 6.55. The normalized spacial score (nSPS) is 13.1. The van der Waals surface area contributed by atoms with E-state index in [1.165, 1.54) is 0 Å². The van der Waals surface area contributed by atoms with Gasteiger partial charge < -0.3 is 10.1 Å². The zero-order chi connectivity index (χ0) is 12.0. The van der Waals surface area contributed by atoms with E-state index in [1.807, 2.05) is 26.8 Å². The number of nitrogens with one attached hydrogen (secondary N) is 1. The molecule has 0 saturated carbocycles. The van der Waals surface area contributed by atoms with E-state index in [1.54, 1.807) is 6.20 Å². The molecule has 90 valence electrons. The van der Waals surface area contributed by atoms with E-state index >= 15 is 0 Å². The van der Waals surface area contributed by atoms with Crippen molar-refractivity contribution < 1.29 is 4.74 Å². The van der Waals surface area contributed by atoms with Gasteiger partial charge in [0.05, 0.1) is 24.4 Å². The molecule has 4 heteroatoms. The van der Waals surface area contributed by atoms with Crippen LogP contribution in [-0.4, -0.2) is 29.2 Å². The fourth-order valence-corrected chi connectivity index (χ4v) is 1.45. The summed E-state index contributed by atoms with van der Waals surface area (Å²) in [7, 11) is 0. The summed E-state index contributed by atoms with van der Waals surface area (Å²) < 4.78 is 5.63. The van der Waals surface area contributed by atoms with Gasteiger partial charge in [0.2, 0.25) is 0 Å². The summed E-state index contributed by atoms with van der Waals surface area (Å²) in [5.41, 5.74) is 0.995. The summed E-state index contributed by atoms with van der Waals surface area (Å²) in [5, 5.41) is 3.37. The molecular weight excluding hydrogens is 202 g/mol. The van der Waals surface area contributed by atoms with E-state index in [0.29, 0.717) is 6.61 Å². The van der Waals surface area contributed by atoms with Gasteiger partial charge in [-0.1, -0.05) is 6.92 Å². The lowest BCUT2D eigenvalue weighted by molar-refractivity contribution is 0.0606. The Bertz CT molecular complexity index is 315. The second-order valence-corrected chi connectivity index (χ2v) is 4.02. The lowest BCUT2D eigenvalue weighted by atomic mass is 10.2. The van der Waals surface area contributed by atoms with Gasteiger partial charge in [0.25, 0.3) is 0 Å². The molecule has 4 nitrogen and oxygen atoms in total. The van der Waals surface area contributed by atoms with Crippen LogP contribution in [0.4, 0.5) is 0 Å². The molecule has 1 N–H and O–H groups in total. The third kappa shape index (κ3) is 4.24. The summed E-state index contributed by atoms with van der Waals surface area (Å²) in [6.07, 6.45) is 2.03. The van der Waals surface area contributed by atoms with Crippen LogP contribution in [0.1, 0.15) is 38.3 Å². The van der Waals surface area contributed by atoms with Crippen LogP contribution in [0.5, 0.6) is 0 Å². The first-order chi connectivity index (χ1) is 7.63. The zero-order valence-electron chi connectivity index (χ0n) is 10.5. The summed E-state index contributed by atoms with van der Waals surface area (Å²) >= 11 is 0. The van der Waals surface area contributed by atoms with Crippen molar-refractivity contribution in [3.05, 3.63) is 23.8 Å². The molecule has 1 rings (SSSR count). The van der Waals surface area contributed by atoms with Crippen LogP contribution in [0.15, 0.2) is 12.3 Å². The van der Waals surface area contributed by atoms with Gasteiger partial charge in [-0.3, -0.25) is 0 Å². The fraction of sp³-hybridized carbons (Fsp3) is 0.667.